The van der Waals surface area contributed by atoms with Crippen LogP contribution in [0.3, 0.4) is 0 Å². The molecule has 0 saturated heterocycles. The number of fused-ring (bicyclic) bond motifs is 4. The molecule has 0 amide bonds. The van der Waals surface area contributed by atoms with Crippen LogP contribution in [0, 0.1) is 59.2 Å². The molecule has 1 N–H and O–H groups in total. The first kappa shape index (κ1) is 26.1. The normalized spacial score (nSPS) is 42.5. The van der Waals surface area contributed by atoms with Gasteiger partial charge in [-0.1, -0.05) is 13.8 Å². The van der Waals surface area contributed by atoms with Crippen LogP contribution in [0.1, 0.15) is 66.7 Å². The highest BCUT2D eigenvalue weighted by Crippen LogP contribution is 2.67. The van der Waals surface area contributed by atoms with Crippen LogP contribution in [0.25, 0.3) is 0 Å². The molecule has 3 nitrogen and oxygen atoms in total. The smallest absolute Gasteiger partial charge is 0.426 e. The highest BCUT2D eigenvalue weighted by molar-refractivity contribution is 5.74. The van der Waals surface area contributed by atoms with E-state index in [9.17, 15) is 36.2 Å². The fraction of sp³-hybridized carbons (Fsp3) is 0.960. The van der Waals surface area contributed by atoms with Crippen LogP contribution in [0.2, 0.25) is 0 Å². The molecule has 0 aromatic heterocycles. The van der Waals surface area contributed by atoms with Crippen molar-refractivity contribution in [2.24, 2.45) is 59.2 Å². The molecule has 0 aromatic carbocycles. The van der Waals surface area contributed by atoms with E-state index in [1.165, 1.54) is 0 Å². The zero-order valence-corrected chi connectivity index (χ0v) is 20.3. The van der Waals surface area contributed by atoms with Crippen LogP contribution in [-0.2, 0) is 9.53 Å². The van der Waals surface area contributed by atoms with Crippen LogP contribution in [0.4, 0.5) is 26.3 Å². The number of aliphatic hydroxyl groups is 1. The molecule has 0 radical (unpaired) electrons. The average Bonchev–Trinajstić information content (AvgIpc) is 3.38. The maximum absolute atomic E-state index is 13.4. The van der Waals surface area contributed by atoms with Crippen LogP contribution in [0.5, 0.6) is 0 Å². The van der Waals surface area contributed by atoms with Gasteiger partial charge in [-0.3, -0.25) is 4.79 Å². The van der Waals surface area contributed by atoms with Gasteiger partial charge in [0, 0.05) is 0 Å². The standard InChI is InChI=1S/C25H36F6O3/c1-11-13-6-15(10-23(33,24(26,27)28)25(29,30)31)17(7-13)20(11)19-12(2)16-8-14(19)9-18(16)21(32)34-22(3,4)5/h11-20,33H,6-10H2,1-5H3. The third kappa shape index (κ3) is 4.05. The van der Waals surface area contributed by atoms with Gasteiger partial charge in [-0.25, -0.2) is 0 Å². The fourth-order valence-corrected chi connectivity index (χ4v) is 8.48. The summed E-state index contributed by atoms with van der Waals surface area (Å²) in [4.78, 5) is 12.7. The van der Waals surface area contributed by atoms with Crippen molar-refractivity contribution in [3.8, 4) is 0 Å². The number of ether oxygens (including phenoxy) is 1. The van der Waals surface area contributed by atoms with E-state index >= 15 is 0 Å². The summed E-state index contributed by atoms with van der Waals surface area (Å²) in [6.45, 7) is 9.64. The number of alkyl halides is 6. The summed E-state index contributed by atoms with van der Waals surface area (Å²) in [6.07, 6.45) is -10.4. The summed E-state index contributed by atoms with van der Waals surface area (Å²) < 4.78 is 85.9. The lowest BCUT2D eigenvalue weighted by Gasteiger charge is -2.46. The molecule has 0 spiro atoms. The van der Waals surface area contributed by atoms with Crippen molar-refractivity contribution in [1.29, 1.82) is 0 Å². The third-order valence-electron chi connectivity index (χ3n) is 9.76. The first-order chi connectivity index (χ1) is 15.4. The van der Waals surface area contributed by atoms with Gasteiger partial charge in [0.15, 0.2) is 0 Å². The summed E-state index contributed by atoms with van der Waals surface area (Å²) in [5, 5.41) is 9.83. The van der Waals surface area contributed by atoms with Gasteiger partial charge in [-0.2, -0.15) is 26.3 Å². The lowest BCUT2D eigenvalue weighted by molar-refractivity contribution is -0.373. The molecule has 4 bridgehead atoms. The van der Waals surface area contributed by atoms with Gasteiger partial charge in [0.25, 0.3) is 5.60 Å². The zero-order valence-electron chi connectivity index (χ0n) is 20.3. The number of carbonyl (C=O) groups is 1. The van der Waals surface area contributed by atoms with Gasteiger partial charge in [-0.05, 0) is 106 Å². The van der Waals surface area contributed by atoms with Crippen molar-refractivity contribution in [3.05, 3.63) is 0 Å². The number of carbonyl (C=O) groups excluding carboxylic acids is 1. The third-order valence-corrected chi connectivity index (χ3v) is 9.76. The summed E-state index contributed by atoms with van der Waals surface area (Å²) in [5.41, 5.74) is -5.26. The fourth-order valence-electron chi connectivity index (χ4n) is 8.48. The molecule has 10 atom stereocenters. The Balaban J connectivity index is 1.52. The van der Waals surface area contributed by atoms with Gasteiger partial charge >= 0.3 is 18.3 Å². The van der Waals surface area contributed by atoms with Crippen molar-refractivity contribution < 1.29 is 41.0 Å². The summed E-state index contributed by atoms with van der Waals surface area (Å²) in [5.74, 6) is -0.434. The van der Waals surface area contributed by atoms with Crippen LogP contribution in [-0.4, -0.2) is 34.6 Å². The number of halogens is 6. The van der Waals surface area contributed by atoms with E-state index < -0.39 is 35.9 Å². The molecule has 4 saturated carbocycles. The van der Waals surface area contributed by atoms with E-state index in [4.69, 9.17) is 4.74 Å². The Hall–Kier alpha value is -0.990. The first-order valence-corrected chi connectivity index (χ1v) is 12.4. The molecule has 0 aromatic rings. The van der Waals surface area contributed by atoms with Gasteiger partial charge in [-0.15, -0.1) is 0 Å². The predicted molar refractivity (Wildman–Crippen MR) is 112 cm³/mol. The van der Waals surface area contributed by atoms with Crippen molar-refractivity contribution in [3.63, 3.8) is 0 Å². The molecular formula is C25H36F6O3. The topological polar surface area (TPSA) is 46.5 Å². The molecule has 196 valence electrons. The summed E-state index contributed by atoms with van der Waals surface area (Å²) in [6, 6.07) is 0. The van der Waals surface area contributed by atoms with E-state index in [-0.39, 0.29) is 59.2 Å². The molecule has 4 aliphatic carbocycles. The van der Waals surface area contributed by atoms with Gasteiger partial charge in [0.1, 0.15) is 5.60 Å². The van der Waals surface area contributed by atoms with Crippen molar-refractivity contribution in [1.82, 2.24) is 0 Å². The number of esters is 1. The number of hydrogen-bond acceptors (Lipinski definition) is 3. The minimum atomic E-state index is -5.77. The Morgan fingerprint density at radius 1 is 0.824 bits per heavy atom. The molecule has 4 fully saturated rings. The quantitative estimate of drug-likeness (QED) is 0.361. The van der Waals surface area contributed by atoms with Crippen molar-refractivity contribution >= 4 is 5.97 Å². The Morgan fingerprint density at radius 3 is 1.85 bits per heavy atom. The highest BCUT2D eigenvalue weighted by Gasteiger charge is 2.72. The minimum Gasteiger partial charge on any atom is -0.460 e. The molecule has 0 aliphatic heterocycles. The Morgan fingerprint density at radius 2 is 1.38 bits per heavy atom. The first-order valence-electron chi connectivity index (χ1n) is 12.4. The molecule has 4 aliphatic rings. The maximum Gasteiger partial charge on any atom is 0.426 e. The van der Waals surface area contributed by atoms with Crippen LogP contribution >= 0.6 is 0 Å². The van der Waals surface area contributed by atoms with E-state index in [2.05, 4.69) is 13.8 Å². The molecule has 34 heavy (non-hydrogen) atoms. The maximum atomic E-state index is 13.4. The molecular weight excluding hydrogens is 462 g/mol. The Labute approximate surface area is 197 Å². The predicted octanol–water partition coefficient (Wildman–Crippen LogP) is 6.39. The average molecular weight is 499 g/mol. The minimum absolute atomic E-state index is 0.0269. The molecule has 0 heterocycles. The van der Waals surface area contributed by atoms with E-state index in [0.29, 0.717) is 19.3 Å². The lowest BCUT2D eigenvalue weighted by atomic mass is 9.60. The molecule has 9 heteroatoms. The summed E-state index contributed by atoms with van der Waals surface area (Å²) in [7, 11) is 0. The SMILES string of the molecule is CC1C2CC(CC2C(=O)OC(C)(C)C)C1C1C(C)C2CC(CC(O)(C(F)(F)F)C(F)(F)F)C1C2. The Kier molecular flexibility index (Phi) is 6.14. The number of rotatable bonds is 4. The van der Waals surface area contributed by atoms with E-state index in [1.54, 1.807) is 0 Å². The molecule has 4 rings (SSSR count). The van der Waals surface area contributed by atoms with Gasteiger partial charge < -0.3 is 9.84 Å². The lowest BCUT2D eigenvalue weighted by Crippen LogP contribution is -2.58. The van der Waals surface area contributed by atoms with E-state index in [1.807, 2.05) is 20.8 Å². The van der Waals surface area contributed by atoms with Crippen LogP contribution in [0.15, 0.2) is 0 Å². The Bertz CT molecular complexity index is 784. The second-order valence-corrected chi connectivity index (χ2v) is 12.6. The van der Waals surface area contributed by atoms with Crippen LogP contribution < -0.4 is 0 Å². The largest absolute Gasteiger partial charge is 0.460 e. The number of hydrogen-bond donors (Lipinski definition) is 1. The monoisotopic (exact) mass is 498 g/mol. The molecule has 10 unspecified atom stereocenters. The van der Waals surface area contributed by atoms with Gasteiger partial charge in [0.2, 0.25) is 0 Å². The zero-order chi connectivity index (χ0) is 25.6. The summed E-state index contributed by atoms with van der Waals surface area (Å²) >= 11 is 0. The highest BCUT2D eigenvalue weighted by atomic mass is 19.4. The van der Waals surface area contributed by atoms with E-state index in [0.717, 1.165) is 6.42 Å². The second-order valence-electron chi connectivity index (χ2n) is 12.6. The van der Waals surface area contributed by atoms with Crippen molar-refractivity contribution in [2.75, 3.05) is 0 Å². The van der Waals surface area contributed by atoms with Crippen molar-refractivity contribution in [2.45, 2.75) is 90.3 Å². The van der Waals surface area contributed by atoms with Gasteiger partial charge in [0.05, 0.1) is 5.92 Å². The second kappa shape index (κ2) is 8.01.